The van der Waals surface area contributed by atoms with E-state index in [0.29, 0.717) is 25.8 Å². The molecule has 1 saturated carbocycles. The first-order valence-electron chi connectivity index (χ1n) is 8.96. The predicted octanol–water partition coefficient (Wildman–Crippen LogP) is 3.44. The number of ether oxygens (including phenoxy) is 1. The molecular formula is C19H30N2O5. The molecule has 0 aromatic heterocycles. The summed E-state index contributed by atoms with van der Waals surface area (Å²) in [6.45, 7) is 10.5. The molecule has 0 radical (unpaired) electrons. The summed E-state index contributed by atoms with van der Waals surface area (Å²) >= 11 is 0. The van der Waals surface area contributed by atoms with Crippen molar-refractivity contribution >= 4 is 18.1 Å². The fraction of sp³-hybridized carbons (Fsp3) is 0.737. The number of alkyl carbamates (subject to hydrolysis) is 1. The van der Waals surface area contributed by atoms with Crippen LogP contribution in [0.3, 0.4) is 0 Å². The van der Waals surface area contributed by atoms with Gasteiger partial charge in [0.15, 0.2) is 0 Å². The minimum absolute atomic E-state index is 0.0378. The van der Waals surface area contributed by atoms with E-state index in [1.807, 2.05) is 0 Å². The van der Waals surface area contributed by atoms with Crippen LogP contribution in [0.15, 0.2) is 17.1 Å². The van der Waals surface area contributed by atoms with Crippen molar-refractivity contribution < 1.29 is 24.2 Å². The summed E-state index contributed by atoms with van der Waals surface area (Å²) < 4.78 is 5.13. The van der Waals surface area contributed by atoms with E-state index in [9.17, 15) is 14.4 Å². The number of rotatable bonds is 9. The topological polar surface area (TPSA) is 105 Å². The van der Waals surface area contributed by atoms with Gasteiger partial charge >= 0.3 is 12.1 Å². The molecule has 0 heterocycles. The Bertz CT molecular complexity index is 580. The van der Waals surface area contributed by atoms with E-state index in [1.54, 1.807) is 6.08 Å². The monoisotopic (exact) mass is 366 g/mol. The molecule has 2 N–H and O–H groups in total. The lowest BCUT2D eigenvalue weighted by atomic mass is 9.63. The fourth-order valence-electron chi connectivity index (χ4n) is 3.93. The Morgan fingerprint density at radius 1 is 1.31 bits per heavy atom. The van der Waals surface area contributed by atoms with Crippen LogP contribution >= 0.6 is 0 Å². The summed E-state index contributed by atoms with van der Waals surface area (Å²) in [5, 5.41) is 11.5. The Morgan fingerprint density at radius 3 is 2.62 bits per heavy atom. The van der Waals surface area contributed by atoms with Crippen LogP contribution < -0.4 is 5.32 Å². The molecule has 0 spiro atoms. The first-order chi connectivity index (χ1) is 12.1. The standard InChI is InChI=1S/C19H30N2O5/c1-14(16(23)24)7-5-6-8-26-17(25)20-12-19(4)10-15(21-13-22)9-18(2,3)11-19/h15H,1,5-12H2,2-4H3,(H,20,25)(H,23,24). The number of carbonyl (C=O) groups is 2. The molecule has 1 aliphatic carbocycles. The average molecular weight is 366 g/mol. The Balaban J connectivity index is 2.35. The third-order valence-electron chi connectivity index (χ3n) is 4.73. The second kappa shape index (κ2) is 9.53. The minimum Gasteiger partial charge on any atom is -0.478 e. The molecule has 0 aromatic carbocycles. The van der Waals surface area contributed by atoms with Gasteiger partial charge in [-0.15, -0.1) is 0 Å². The van der Waals surface area contributed by atoms with Crippen LogP contribution in [0.1, 0.15) is 59.3 Å². The molecule has 146 valence electrons. The van der Waals surface area contributed by atoms with Gasteiger partial charge in [-0.05, 0) is 49.4 Å². The van der Waals surface area contributed by atoms with Crippen molar-refractivity contribution in [3.8, 4) is 0 Å². The van der Waals surface area contributed by atoms with E-state index >= 15 is 0 Å². The highest BCUT2D eigenvalue weighted by Gasteiger charge is 2.41. The zero-order valence-electron chi connectivity index (χ0n) is 16.0. The van der Waals surface area contributed by atoms with Gasteiger partial charge in [0.1, 0.15) is 0 Å². The molecule has 0 aliphatic heterocycles. The first-order valence-corrected chi connectivity index (χ1v) is 8.96. The summed E-state index contributed by atoms with van der Waals surface area (Å²) in [5.74, 6) is -0.996. The summed E-state index contributed by atoms with van der Waals surface area (Å²) in [4.78, 5) is 37.0. The van der Waals surface area contributed by atoms with Crippen LogP contribution in [-0.2, 0) is 14.3 Å². The summed E-state index contributed by atoms with van der Waals surface area (Å²) in [7, 11) is 0. The summed E-state index contributed by atoms with van der Waals surface area (Å²) in [5.41, 5.74) is 0.0380. The normalized spacial score (nSPS) is 24.2. The van der Waals surface area contributed by atoms with Gasteiger partial charge < -0.3 is 15.2 Å². The van der Waals surface area contributed by atoms with Crippen LogP contribution in [-0.4, -0.2) is 42.4 Å². The van der Waals surface area contributed by atoms with Crippen LogP contribution in [0, 0.1) is 10.8 Å². The van der Waals surface area contributed by atoms with Crippen LogP contribution in [0.25, 0.3) is 0 Å². The number of aliphatic imine (C=N–C) groups is 1. The second-order valence-corrected chi connectivity index (χ2v) is 8.29. The summed E-state index contributed by atoms with van der Waals surface area (Å²) in [6, 6.07) is -0.0681. The lowest BCUT2D eigenvalue weighted by molar-refractivity contribution is -0.132. The van der Waals surface area contributed by atoms with Gasteiger partial charge in [0, 0.05) is 12.1 Å². The van der Waals surface area contributed by atoms with E-state index in [0.717, 1.165) is 19.3 Å². The van der Waals surface area contributed by atoms with Crippen LogP contribution in [0.4, 0.5) is 4.79 Å². The predicted molar refractivity (Wildman–Crippen MR) is 97.6 cm³/mol. The van der Waals surface area contributed by atoms with Crippen molar-refractivity contribution in [2.45, 2.75) is 65.3 Å². The average Bonchev–Trinajstić information content (AvgIpc) is 2.50. The number of nitrogens with zero attached hydrogens (tertiary/aromatic N) is 1. The van der Waals surface area contributed by atoms with Gasteiger partial charge in [-0.25, -0.2) is 19.4 Å². The fourth-order valence-corrected chi connectivity index (χ4v) is 3.93. The van der Waals surface area contributed by atoms with Crippen molar-refractivity contribution in [1.82, 2.24) is 5.32 Å². The second-order valence-electron chi connectivity index (χ2n) is 8.29. The largest absolute Gasteiger partial charge is 0.478 e. The Hall–Kier alpha value is -2.14. The maximum absolute atomic E-state index is 11.9. The number of hydrogen-bond donors (Lipinski definition) is 2. The highest BCUT2D eigenvalue weighted by Crippen LogP contribution is 2.46. The van der Waals surface area contributed by atoms with E-state index in [1.165, 1.54) is 0 Å². The Labute approximate surface area is 154 Å². The molecule has 7 heteroatoms. The van der Waals surface area contributed by atoms with Gasteiger partial charge in [0.2, 0.25) is 6.08 Å². The van der Waals surface area contributed by atoms with E-state index in [2.05, 4.69) is 37.7 Å². The van der Waals surface area contributed by atoms with Crippen molar-refractivity contribution in [3.63, 3.8) is 0 Å². The lowest BCUT2D eigenvalue weighted by Gasteiger charge is -2.45. The highest BCUT2D eigenvalue weighted by atomic mass is 16.5. The summed E-state index contributed by atoms with van der Waals surface area (Å²) in [6.07, 6.45) is 5.22. The SMILES string of the molecule is C=C(CCCCOC(=O)NCC1(C)CC(N=C=O)CC(C)(C)C1)C(=O)O. The number of carboxylic acid groups (broad SMARTS) is 1. The molecule has 1 amide bonds. The molecule has 0 bridgehead atoms. The van der Waals surface area contributed by atoms with Crippen molar-refractivity contribution in [3.05, 3.63) is 12.2 Å². The van der Waals surface area contributed by atoms with Crippen molar-refractivity contribution in [2.75, 3.05) is 13.2 Å². The van der Waals surface area contributed by atoms with E-state index in [-0.39, 0.29) is 29.1 Å². The molecule has 2 unspecified atom stereocenters. The molecule has 1 aliphatic rings. The molecule has 1 fully saturated rings. The Kier molecular flexibility index (Phi) is 8.03. The zero-order valence-corrected chi connectivity index (χ0v) is 16.0. The van der Waals surface area contributed by atoms with Crippen LogP contribution in [0.2, 0.25) is 0 Å². The molecule has 7 nitrogen and oxygen atoms in total. The molecule has 0 saturated heterocycles. The number of hydrogen-bond acceptors (Lipinski definition) is 5. The lowest BCUT2D eigenvalue weighted by Crippen LogP contribution is -2.44. The smallest absolute Gasteiger partial charge is 0.407 e. The van der Waals surface area contributed by atoms with Gasteiger partial charge in [0.05, 0.1) is 12.6 Å². The minimum atomic E-state index is -0.996. The number of aliphatic carboxylic acids is 1. The third kappa shape index (κ3) is 7.83. The maximum Gasteiger partial charge on any atom is 0.407 e. The molecule has 1 rings (SSSR count). The van der Waals surface area contributed by atoms with Crippen LogP contribution in [0.5, 0.6) is 0 Å². The molecule has 26 heavy (non-hydrogen) atoms. The van der Waals surface area contributed by atoms with Gasteiger partial charge in [-0.3, -0.25) is 0 Å². The maximum atomic E-state index is 11.9. The number of isocyanates is 1. The number of nitrogens with one attached hydrogen (secondary N) is 1. The Morgan fingerprint density at radius 2 is 2.00 bits per heavy atom. The molecule has 2 atom stereocenters. The van der Waals surface area contributed by atoms with Gasteiger partial charge in [-0.2, -0.15) is 0 Å². The van der Waals surface area contributed by atoms with Crippen molar-refractivity contribution in [1.29, 1.82) is 0 Å². The number of carbonyl (C=O) groups excluding carboxylic acids is 2. The van der Waals surface area contributed by atoms with E-state index < -0.39 is 12.1 Å². The number of unbranched alkanes of at least 4 members (excludes halogenated alkanes) is 1. The number of amides is 1. The first kappa shape index (κ1) is 21.9. The number of carboxylic acids is 1. The van der Waals surface area contributed by atoms with Gasteiger partial charge in [0.25, 0.3) is 0 Å². The van der Waals surface area contributed by atoms with Crippen molar-refractivity contribution in [2.24, 2.45) is 15.8 Å². The highest BCUT2D eigenvalue weighted by molar-refractivity contribution is 5.85. The quantitative estimate of drug-likeness (QED) is 0.281. The molecule has 0 aromatic rings. The van der Waals surface area contributed by atoms with Gasteiger partial charge in [-0.1, -0.05) is 27.4 Å². The third-order valence-corrected chi connectivity index (χ3v) is 4.73. The molecular weight excluding hydrogens is 336 g/mol. The van der Waals surface area contributed by atoms with E-state index in [4.69, 9.17) is 9.84 Å². The zero-order chi connectivity index (χ0) is 19.8.